The van der Waals surface area contributed by atoms with Crippen molar-refractivity contribution in [3.05, 3.63) is 36.8 Å². The second kappa shape index (κ2) is 6.85. The minimum Gasteiger partial charge on any atom is -0.384 e. The molecule has 0 aliphatic carbocycles. The van der Waals surface area contributed by atoms with E-state index in [4.69, 9.17) is 20.6 Å². The third kappa shape index (κ3) is 3.09. The van der Waals surface area contributed by atoms with Crippen molar-refractivity contribution in [2.75, 3.05) is 42.7 Å². The molecule has 1 unspecified atom stereocenters. The number of nitrogen functional groups attached to an aromatic ring is 1. The first-order chi connectivity index (χ1) is 14.1. The molecule has 29 heavy (non-hydrogen) atoms. The minimum atomic E-state index is 0.216. The van der Waals surface area contributed by atoms with E-state index in [2.05, 4.69) is 33.2 Å². The molecule has 5 rings (SSSR count). The molecule has 0 saturated carbocycles. The number of nitrogens with zero attached hydrogens (tertiary/aromatic N) is 6. The van der Waals surface area contributed by atoms with Gasteiger partial charge in [-0.05, 0) is 25.1 Å². The summed E-state index contributed by atoms with van der Waals surface area (Å²) in [5.74, 6) is 1.78. The van der Waals surface area contributed by atoms with Gasteiger partial charge in [-0.3, -0.25) is 0 Å². The first kappa shape index (κ1) is 17.6. The van der Waals surface area contributed by atoms with Gasteiger partial charge < -0.3 is 20.7 Å². The van der Waals surface area contributed by atoms with E-state index in [-0.39, 0.29) is 6.10 Å². The molecule has 5 heterocycles. The van der Waals surface area contributed by atoms with E-state index < -0.39 is 0 Å². The number of fused-ring (bicyclic) bond motifs is 2. The minimum absolute atomic E-state index is 0.216. The molecule has 9 heteroatoms. The number of hydrogen-bond acceptors (Lipinski definition) is 8. The highest BCUT2D eigenvalue weighted by Crippen LogP contribution is 2.31. The molecule has 4 aromatic rings. The Morgan fingerprint density at radius 1 is 1.21 bits per heavy atom. The standard InChI is InChI=1S/C20H22N8O/c1-12-10-27(5-6-29-12)13-3-4-18-25-20(26-28(18)11-13)16-9-24-19(22-2)15-8-23-17(21)7-14(15)16/h3-4,7-9,11-12H,5-6,10H2,1-2H3,(H2,21,23)(H,22,24). The number of ether oxygens (including phenoxy) is 1. The summed E-state index contributed by atoms with van der Waals surface area (Å²) in [4.78, 5) is 15.7. The van der Waals surface area contributed by atoms with Gasteiger partial charge in [0.1, 0.15) is 11.6 Å². The fraction of sp³-hybridized carbons (Fsp3) is 0.300. The van der Waals surface area contributed by atoms with Crippen molar-refractivity contribution >= 4 is 33.7 Å². The lowest BCUT2D eigenvalue weighted by atomic mass is 10.1. The van der Waals surface area contributed by atoms with Gasteiger partial charge in [0.2, 0.25) is 0 Å². The maximum absolute atomic E-state index is 5.94. The largest absolute Gasteiger partial charge is 0.384 e. The van der Waals surface area contributed by atoms with Crippen molar-refractivity contribution in [2.24, 2.45) is 0 Å². The zero-order valence-corrected chi connectivity index (χ0v) is 16.3. The van der Waals surface area contributed by atoms with E-state index >= 15 is 0 Å². The Bertz CT molecular complexity index is 1200. The maximum atomic E-state index is 5.94. The molecule has 0 aromatic carbocycles. The number of morpholine rings is 1. The number of nitrogens with two attached hydrogens (primary N) is 1. The SMILES string of the molecule is CNc1ncc(-c2nc3ccc(N4CCOC(C)C4)cn3n2)c2cc(N)ncc12. The molecule has 1 atom stereocenters. The highest BCUT2D eigenvalue weighted by atomic mass is 16.5. The van der Waals surface area contributed by atoms with Crippen molar-refractivity contribution in [3.8, 4) is 11.4 Å². The molecule has 0 spiro atoms. The molecule has 148 valence electrons. The first-order valence-electron chi connectivity index (χ1n) is 9.58. The van der Waals surface area contributed by atoms with Crippen molar-refractivity contribution < 1.29 is 4.74 Å². The molecule has 1 aliphatic rings. The summed E-state index contributed by atoms with van der Waals surface area (Å²) in [6, 6.07) is 5.90. The number of anilines is 3. The quantitative estimate of drug-likeness (QED) is 0.548. The van der Waals surface area contributed by atoms with Gasteiger partial charge in [0.15, 0.2) is 11.5 Å². The smallest absolute Gasteiger partial charge is 0.184 e. The Balaban J connectivity index is 1.60. The van der Waals surface area contributed by atoms with Crippen LogP contribution in [0.25, 0.3) is 27.8 Å². The second-order valence-electron chi connectivity index (χ2n) is 7.18. The Hall–Kier alpha value is -3.46. The Labute approximate surface area is 167 Å². The third-order valence-electron chi connectivity index (χ3n) is 5.19. The van der Waals surface area contributed by atoms with Gasteiger partial charge in [-0.2, -0.15) is 0 Å². The zero-order valence-electron chi connectivity index (χ0n) is 16.3. The summed E-state index contributed by atoms with van der Waals surface area (Å²) < 4.78 is 7.46. The average Bonchev–Trinajstić information content (AvgIpc) is 3.15. The summed E-state index contributed by atoms with van der Waals surface area (Å²) in [7, 11) is 1.83. The van der Waals surface area contributed by atoms with Gasteiger partial charge >= 0.3 is 0 Å². The van der Waals surface area contributed by atoms with Crippen LogP contribution in [0.4, 0.5) is 17.3 Å². The van der Waals surface area contributed by atoms with Crippen LogP contribution < -0.4 is 16.0 Å². The average molecular weight is 390 g/mol. The van der Waals surface area contributed by atoms with Gasteiger partial charge in [-0.25, -0.2) is 19.5 Å². The predicted molar refractivity (Wildman–Crippen MR) is 113 cm³/mol. The molecule has 1 fully saturated rings. The summed E-state index contributed by atoms with van der Waals surface area (Å²) in [5, 5.41) is 9.60. The van der Waals surface area contributed by atoms with Crippen LogP contribution >= 0.6 is 0 Å². The van der Waals surface area contributed by atoms with E-state index in [0.717, 1.165) is 53.2 Å². The van der Waals surface area contributed by atoms with Crippen LogP contribution in [-0.4, -0.2) is 57.4 Å². The highest BCUT2D eigenvalue weighted by Gasteiger charge is 2.19. The molecular weight excluding hydrogens is 368 g/mol. The van der Waals surface area contributed by atoms with Crippen molar-refractivity contribution in [2.45, 2.75) is 13.0 Å². The summed E-state index contributed by atoms with van der Waals surface area (Å²) >= 11 is 0. The van der Waals surface area contributed by atoms with Crippen molar-refractivity contribution in [3.63, 3.8) is 0 Å². The summed E-state index contributed by atoms with van der Waals surface area (Å²) in [6.07, 6.45) is 5.72. The van der Waals surface area contributed by atoms with Gasteiger partial charge in [-0.1, -0.05) is 0 Å². The van der Waals surface area contributed by atoms with Crippen LogP contribution in [0.3, 0.4) is 0 Å². The lowest BCUT2D eigenvalue weighted by molar-refractivity contribution is 0.0532. The van der Waals surface area contributed by atoms with Crippen LogP contribution in [0.15, 0.2) is 36.8 Å². The second-order valence-corrected chi connectivity index (χ2v) is 7.18. The fourth-order valence-corrected chi connectivity index (χ4v) is 3.75. The highest BCUT2D eigenvalue weighted by molar-refractivity contribution is 6.01. The molecule has 9 nitrogen and oxygen atoms in total. The molecule has 3 N–H and O–H groups in total. The topological polar surface area (TPSA) is 106 Å². The van der Waals surface area contributed by atoms with Gasteiger partial charge in [0.05, 0.1) is 24.6 Å². The van der Waals surface area contributed by atoms with Crippen LogP contribution in [0.2, 0.25) is 0 Å². The van der Waals surface area contributed by atoms with Crippen LogP contribution in [-0.2, 0) is 4.74 Å². The first-order valence-corrected chi connectivity index (χ1v) is 9.58. The van der Waals surface area contributed by atoms with Crippen molar-refractivity contribution in [1.29, 1.82) is 0 Å². The Morgan fingerprint density at radius 2 is 2.10 bits per heavy atom. The monoisotopic (exact) mass is 390 g/mol. The third-order valence-corrected chi connectivity index (χ3v) is 5.19. The van der Waals surface area contributed by atoms with E-state index in [0.29, 0.717) is 11.6 Å². The summed E-state index contributed by atoms with van der Waals surface area (Å²) in [5.41, 5.74) is 8.63. The lowest BCUT2D eigenvalue weighted by Crippen LogP contribution is -2.41. The van der Waals surface area contributed by atoms with E-state index in [9.17, 15) is 0 Å². The Morgan fingerprint density at radius 3 is 2.93 bits per heavy atom. The molecule has 1 aliphatic heterocycles. The van der Waals surface area contributed by atoms with E-state index in [1.54, 1.807) is 12.4 Å². The molecule has 4 aromatic heterocycles. The van der Waals surface area contributed by atoms with Crippen molar-refractivity contribution in [1.82, 2.24) is 24.6 Å². The van der Waals surface area contributed by atoms with E-state index in [1.165, 1.54) is 0 Å². The molecule has 0 bridgehead atoms. The van der Waals surface area contributed by atoms with Gasteiger partial charge in [0.25, 0.3) is 0 Å². The number of rotatable bonds is 3. The summed E-state index contributed by atoms with van der Waals surface area (Å²) in [6.45, 7) is 4.54. The number of hydrogen-bond donors (Lipinski definition) is 2. The molecule has 0 amide bonds. The van der Waals surface area contributed by atoms with Crippen LogP contribution in [0, 0.1) is 0 Å². The lowest BCUT2D eigenvalue weighted by Gasteiger charge is -2.32. The normalized spacial score (nSPS) is 17.2. The Kier molecular flexibility index (Phi) is 4.17. The maximum Gasteiger partial charge on any atom is 0.184 e. The number of aromatic nitrogens is 5. The van der Waals surface area contributed by atoms with Gasteiger partial charge in [-0.15, -0.1) is 5.10 Å². The fourth-order valence-electron chi connectivity index (χ4n) is 3.75. The number of nitrogens with one attached hydrogen (secondary N) is 1. The zero-order chi connectivity index (χ0) is 20.0. The van der Waals surface area contributed by atoms with Crippen LogP contribution in [0.1, 0.15) is 6.92 Å². The molecule has 1 saturated heterocycles. The van der Waals surface area contributed by atoms with Crippen LogP contribution in [0.5, 0.6) is 0 Å². The molecule has 0 radical (unpaired) electrons. The predicted octanol–water partition coefficient (Wildman–Crippen LogP) is 2.19. The van der Waals surface area contributed by atoms with E-state index in [1.807, 2.05) is 29.9 Å². The molecular formula is C20H22N8O. The van der Waals surface area contributed by atoms with Gasteiger partial charge in [0, 0.05) is 48.9 Å². The number of pyridine rings is 3.